The van der Waals surface area contributed by atoms with Crippen LogP contribution >= 0.6 is 0 Å². The van der Waals surface area contributed by atoms with E-state index >= 15 is 0 Å². The largest absolute Gasteiger partial charge is 0.390 e. The van der Waals surface area contributed by atoms with Gasteiger partial charge in [-0.15, -0.1) is 0 Å². The predicted octanol–water partition coefficient (Wildman–Crippen LogP) is 1.42. The van der Waals surface area contributed by atoms with Crippen LogP contribution in [0.15, 0.2) is 30.7 Å². The first kappa shape index (κ1) is 17.1. The molecule has 24 heavy (non-hydrogen) atoms. The summed E-state index contributed by atoms with van der Waals surface area (Å²) in [6, 6.07) is 3.94. The van der Waals surface area contributed by atoms with Gasteiger partial charge in [0.25, 0.3) is 0 Å². The van der Waals surface area contributed by atoms with Crippen LogP contribution in [0.5, 0.6) is 0 Å². The van der Waals surface area contributed by atoms with E-state index in [0.717, 1.165) is 36.5 Å². The molecule has 2 aromatic heterocycles. The van der Waals surface area contributed by atoms with Gasteiger partial charge in [0.15, 0.2) is 0 Å². The third-order valence-corrected chi connectivity index (χ3v) is 4.45. The minimum absolute atomic E-state index is 0.332. The molecule has 1 aliphatic heterocycles. The Balaban J connectivity index is 1.51. The van der Waals surface area contributed by atoms with Crippen LogP contribution in [0, 0.1) is 0 Å². The molecule has 0 aliphatic carbocycles. The third kappa shape index (κ3) is 4.63. The second-order valence-corrected chi connectivity index (χ2v) is 6.56. The van der Waals surface area contributed by atoms with Crippen molar-refractivity contribution in [3.05, 3.63) is 36.3 Å². The number of aryl methyl sites for hydroxylation is 1. The lowest BCUT2D eigenvalue weighted by Gasteiger charge is -2.28. The molecule has 3 heterocycles. The maximum absolute atomic E-state index is 10.2. The number of rotatable bonds is 7. The minimum Gasteiger partial charge on any atom is -0.390 e. The van der Waals surface area contributed by atoms with E-state index in [-0.39, 0.29) is 6.10 Å². The smallest absolute Gasteiger partial charge is 0.0983 e. The van der Waals surface area contributed by atoms with Gasteiger partial charge in [-0.2, -0.15) is 5.10 Å². The summed E-state index contributed by atoms with van der Waals surface area (Å²) in [7, 11) is 1.93. The molecule has 2 N–H and O–H groups in total. The van der Waals surface area contributed by atoms with Gasteiger partial charge in [0.1, 0.15) is 0 Å². The predicted molar refractivity (Wildman–Crippen MR) is 94.4 cm³/mol. The van der Waals surface area contributed by atoms with E-state index in [0.29, 0.717) is 13.1 Å². The number of piperidine rings is 1. The van der Waals surface area contributed by atoms with Gasteiger partial charge in [0.2, 0.25) is 0 Å². The highest BCUT2D eigenvalue weighted by Gasteiger charge is 2.15. The molecule has 2 aromatic rings. The van der Waals surface area contributed by atoms with E-state index in [2.05, 4.69) is 20.3 Å². The van der Waals surface area contributed by atoms with Crippen molar-refractivity contribution in [2.45, 2.75) is 31.9 Å². The number of β-amino-alcohol motifs (C(OH)–C–C–N with tert-alkyl or cyclic N) is 1. The first-order valence-corrected chi connectivity index (χ1v) is 8.76. The van der Waals surface area contributed by atoms with Crippen LogP contribution in [0.4, 0.5) is 0 Å². The van der Waals surface area contributed by atoms with Crippen LogP contribution in [0.1, 0.15) is 24.8 Å². The Morgan fingerprint density at radius 3 is 2.88 bits per heavy atom. The zero-order valence-corrected chi connectivity index (χ0v) is 14.4. The molecular weight excluding hydrogens is 302 g/mol. The van der Waals surface area contributed by atoms with Crippen molar-refractivity contribution in [1.82, 2.24) is 25.0 Å². The van der Waals surface area contributed by atoms with Crippen molar-refractivity contribution in [2.75, 3.05) is 26.2 Å². The molecule has 1 saturated heterocycles. The monoisotopic (exact) mass is 329 g/mol. The lowest BCUT2D eigenvalue weighted by molar-refractivity contribution is 0.1000. The van der Waals surface area contributed by atoms with Crippen LogP contribution in [0.2, 0.25) is 0 Å². The van der Waals surface area contributed by atoms with Crippen LogP contribution in [0.25, 0.3) is 11.3 Å². The molecule has 3 rings (SSSR count). The average Bonchev–Trinajstić information content (AvgIpc) is 2.97. The highest BCUT2D eigenvalue weighted by molar-refractivity contribution is 5.61. The number of likely N-dealkylation sites (tertiary alicyclic amines) is 1. The second-order valence-electron chi connectivity index (χ2n) is 6.56. The molecule has 130 valence electrons. The Bertz CT molecular complexity index is 622. The van der Waals surface area contributed by atoms with Crippen LogP contribution in [-0.4, -0.2) is 57.1 Å². The molecule has 0 radical (unpaired) electrons. The van der Waals surface area contributed by atoms with Crippen molar-refractivity contribution in [3.63, 3.8) is 0 Å². The van der Waals surface area contributed by atoms with E-state index in [4.69, 9.17) is 0 Å². The normalized spacial score (nSPS) is 17.1. The van der Waals surface area contributed by atoms with E-state index in [1.807, 2.05) is 36.3 Å². The standard InChI is InChI=1S/C18H27N5O/c1-22-13-16(18(21-22)15-6-5-7-19-10-15)11-20-12-17(24)14-23-8-3-2-4-9-23/h5-7,10,13,17,20,24H,2-4,8-9,11-12,14H2,1H3/t17-/m0/s1. The molecule has 0 spiro atoms. The molecule has 0 amide bonds. The second kappa shape index (κ2) is 8.37. The summed E-state index contributed by atoms with van der Waals surface area (Å²) in [5.41, 5.74) is 3.09. The zero-order valence-electron chi connectivity index (χ0n) is 14.4. The third-order valence-electron chi connectivity index (χ3n) is 4.45. The number of nitrogens with zero attached hydrogens (tertiary/aromatic N) is 4. The van der Waals surface area contributed by atoms with E-state index in [1.165, 1.54) is 19.3 Å². The average molecular weight is 329 g/mol. The highest BCUT2D eigenvalue weighted by atomic mass is 16.3. The Hall–Kier alpha value is -1.76. The van der Waals surface area contributed by atoms with E-state index < -0.39 is 0 Å². The van der Waals surface area contributed by atoms with Gasteiger partial charge in [-0.25, -0.2) is 0 Å². The summed E-state index contributed by atoms with van der Waals surface area (Å²) < 4.78 is 1.82. The maximum atomic E-state index is 10.2. The molecule has 1 atom stereocenters. The Morgan fingerprint density at radius 1 is 1.29 bits per heavy atom. The lowest BCUT2D eigenvalue weighted by atomic mass is 10.1. The fourth-order valence-corrected chi connectivity index (χ4v) is 3.29. The molecular formula is C18H27N5O. The number of aliphatic hydroxyl groups is 1. The number of pyridine rings is 1. The molecule has 0 bridgehead atoms. The van der Waals surface area contributed by atoms with Gasteiger partial charge in [-0.1, -0.05) is 6.42 Å². The van der Waals surface area contributed by atoms with Crippen LogP contribution in [-0.2, 0) is 13.6 Å². The van der Waals surface area contributed by atoms with Crippen molar-refractivity contribution in [2.24, 2.45) is 7.05 Å². The van der Waals surface area contributed by atoms with E-state index in [1.54, 1.807) is 6.20 Å². The summed E-state index contributed by atoms with van der Waals surface area (Å²) in [5, 5.41) is 18.1. The molecule has 0 saturated carbocycles. The Labute approximate surface area is 143 Å². The van der Waals surface area contributed by atoms with Crippen molar-refractivity contribution in [1.29, 1.82) is 0 Å². The molecule has 1 fully saturated rings. The zero-order chi connectivity index (χ0) is 16.8. The van der Waals surface area contributed by atoms with Crippen LogP contribution < -0.4 is 5.32 Å². The molecule has 1 aliphatic rings. The van der Waals surface area contributed by atoms with Gasteiger partial charge in [0, 0.05) is 56.4 Å². The van der Waals surface area contributed by atoms with Gasteiger partial charge in [-0.05, 0) is 38.1 Å². The summed E-state index contributed by atoms with van der Waals surface area (Å²) in [6.45, 7) is 4.28. The van der Waals surface area contributed by atoms with Gasteiger partial charge >= 0.3 is 0 Å². The van der Waals surface area contributed by atoms with Crippen molar-refractivity contribution < 1.29 is 5.11 Å². The fourth-order valence-electron chi connectivity index (χ4n) is 3.29. The highest BCUT2D eigenvalue weighted by Crippen LogP contribution is 2.20. The van der Waals surface area contributed by atoms with E-state index in [9.17, 15) is 5.11 Å². The van der Waals surface area contributed by atoms with Crippen LogP contribution in [0.3, 0.4) is 0 Å². The summed E-state index contributed by atoms with van der Waals surface area (Å²) in [6.07, 6.45) is 9.11. The minimum atomic E-state index is -0.332. The molecule has 0 unspecified atom stereocenters. The molecule has 6 heteroatoms. The van der Waals surface area contributed by atoms with Gasteiger partial charge < -0.3 is 15.3 Å². The Morgan fingerprint density at radius 2 is 2.12 bits per heavy atom. The fraction of sp³-hybridized carbons (Fsp3) is 0.556. The number of hydrogen-bond donors (Lipinski definition) is 2. The SMILES string of the molecule is Cn1cc(CNC[C@H](O)CN2CCCCC2)c(-c2cccnc2)n1. The van der Waals surface area contributed by atoms with Crippen molar-refractivity contribution >= 4 is 0 Å². The van der Waals surface area contributed by atoms with Crippen molar-refractivity contribution in [3.8, 4) is 11.3 Å². The number of aromatic nitrogens is 3. The lowest BCUT2D eigenvalue weighted by Crippen LogP contribution is -2.40. The Kier molecular flexibility index (Phi) is 5.96. The summed E-state index contributed by atoms with van der Waals surface area (Å²) >= 11 is 0. The first-order valence-electron chi connectivity index (χ1n) is 8.76. The quantitative estimate of drug-likeness (QED) is 0.804. The molecule has 0 aromatic carbocycles. The maximum Gasteiger partial charge on any atom is 0.0983 e. The topological polar surface area (TPSA) is 66.2 Å². The first-order chi connectivity index (χ1) is 11.7. The van der Waals surface area contributed by atoms with Gasteiger partial charge in [0.05, 0.1) is 11.8 Å². The summed E-state index contributed by atoms with van der Waals surface area (Å²) in [5.74, 6) is 0. The molecule has 6 nitrogen and oxygen atoms in total. The number of aliphatic hydroxyl groups excluding tert-OH is 1. The van der Waals surface area contributed by atoms with Gasteiger partial charge in [-0.3, -0.25) is 9.67 Å². The summed E-state index contributed by atoms with van der Waals surface area (Å²) in [4.78, 5) is 6.53. The number of nitrogens with one attached hydrogen (secondary N) is 1. The number of hydrogen-bond acceptors (Lipinski definition) is 5.